The molecule has 1 aromatic rings. The molecule has 0 aromatic heterocycles. The van der Waals surface area contributed by atoms with E-state index in [1.165, 1.54) is 11.8 Å². The molecule has 1 aromatic carbocycles. The molecule has 1 saturated heterocycles. The zero-order valence-corrected chi connectivity index (χ0v) is 15.8. The van der Waals surface area contributed by atoms with Gasteiger partial charge in [-0.15, -0.1) is 0 Å². The van der Waals surface area contributed by atoms with Crippen LogP contribution in [0.5, 0.6) is 0 Å². The number of halogens is 1. The van der Waals surface area contributed by atoms with Crippen molar-refractivity contribution in [1.29, 1.82) is 0 Å². The van der Waals surface area contributed by atoms with Crippen molar-refractivity contribution in [2.24, 2.45) is 0 Å². The van der Waals surface area contributed by atoms with Crippen molar-refractivity contribution in [2.45, 2.75) is 13.8 Å². The Morgan fingerprint density at radius 3 is 2.67 bits per heavy atom. The number of benzene rings is 1. The summed E-state index contributed by atoms with van der Waals surface area (Å²) in [5.74, 6) is -0.316. The van der Waals surface area contributed by atoms with Crippen LogP contribution in [0.3, 0.4) is 0 Å². The first-order valence-electron chi connectivity index (χ1n) is 8.08. The second kappa shape index (κ2) is 9.15. The number of hydrogen-bond acceptors (Lipinski definition) is 4. The molecule has 1 fully saturated rings. The van der Waals surface area contributed by atoms with Crippen LogP contribution in [0, 0.1) is 6.92 Å². The molecule has 0 saturated carbocycles. The molecule has 24 heavy (non-hydrogen) atoms. The van der Waals surface area contributed by atoms with E-state index in [2.05, 4.69) is 26.1 Å². The van der Waals surface area contributed by atoms with E-state index in [-0.39, 0.29) is 18.4 Å². The minimum Gasteiger partial charge on any atom is -0.379 e. The van der Waals surface area contributed by atoms with Crippen LogP contribution in [0.25, 0.3) is 0 Å². The molecular weight excluding hydrogens is 374 g/mol. The molecule has 1 N–H and O–H groups in total. The molecule has 2 amide bonds. The topological polar surface area (TPSA) is 61.9 Å². The van der Waals surface area contributed by atoms with Crippen molar-refractivity contribution in [3.8, 4) is 0 Å². The largest absolute Gasteiger partial charge is 0.379 e. The fourth-order valence-corrected chi connectivity index (χ4v) is 2.88. The van der Waals surface area contributed by atoms with Crippen molar-refractivity contribution in [3.63, 3.8) is 0 Å². The van der Waals surface area contributed by atoms with Crippen LogP contribution in [0.1, 0.15) is 12.5 Å². The lowest BCUT2D eigenvalue weighted by molar-refractivity contribution is -0.123. The SMILES string of the molecule is CC(=O)N(CC(=O)NCCN1CCOCC1)c1ccc(C)c(Br)c1. The third-order valence-electron chi connectivity index (χ3n) is 4.00. The Hall–Kier alpha value is -1.44. The Kier molecular flexibility index (Phi) is 7.20. The quantitative estimate of drug-likeness (QED) is 0.790. The van der Waals surface area contributed by atoms with Crippen LogP contribution < -0.4 is 10.2 Å². The van der Waals surface area contributed by atoms with E-state index in [4.69, 9.17) is 4.74 Å². The summed E-state index contributed by atoms with van der Waals surface area (Å²) in [5, 5.41) is 2.88. The van der Waals surface area contributed by atoms with Gasteiger partial charge in [0.2, 0.25) is 11.8 Å². The fourth-order valence-electron chi connectivity index (χ4n) is 2.51. The maximum atomic E-state index is 12.2. The molecule has 0 unspecified atom stereocenters. The molecule has 1 aliphatic heterocycles. The van der Waals surface area contributed by atoms with Crippen molar-refractivity contribution in [3.05, 3.63) is 28.2 Å². The number of nitrogens with one attached hydrogen (secondary N) is 1. The number of ether oxygens (including phenoxy) is 1. The lowest BCUT2D eigenvalue weighted by atomic mass is 10.2. The van der Waals surface area contributed by atoms with Gasteiger partial charge >= 0.3 is 0 Å². The number of amides is 2. The lowest BCUT2D eigenvalue weighted by Gasteiger charge is -2.26. The Morgan fingerprint density at radius 2 is 2.04 bits per heavy atom. The van der Waals surface area contributed by atoms with Crippen molar-refractivity contribution < 1.29 is 14.3 Å². The van der Waals surface area contributed by atoms with Gasteiger partial charge in [0.25, 0.3) is 0 Å². The first-order valence-corrected chi connectivity index (χ1v) is 8.87. The molecule has 6 nitrogen and oxygen atoms in total. The van der Waals surface area contributed by atoms with Gasteiger partial charge in [-0.05, 0) is 24.6 Å². The van der Waals surface area contributed by atoms with Gasteiger partial charge in [-0.25, -0.2) is 0 Å². The van der Waals surface area contributed by atoms with E-state index in [1.807, 2.05) is 25.1 Å². The summed E-state index contributed by atoms with van der Waals surface area (Å²) < 4.78 is 6.21. The number of nitrogens with zero attached hydrogens (tertiary/aromatic N) is 2. The highest BCUT2D eigenvalue weighted by atomic mass is 79.9. The fraction of sp³-hybridized carbons (Fsp3) is 0.529. The molecule has 0 aliphatic carbocycles. The minimum atomic E-state index is -0.158. The van der Waals surface area contributed by atoms with Gasteiger partial charge in [-0.2, -0.15) is 0 Å². The second-order valence-corrected chi connectivity index (χ2v) is 6.70. The standard InChI is InChI=1S/C17H24BrN3O3/c1-13-3-4-15(11-16(13)18)21(14(2)22)12-17(23)19-5-6-20-7-9-24-10-8-20/h3-4,11H,5-10,12H2,1-2H3,(H,19,23). The van der Waals surface area contributed by atoms with Crippen LogP contribution in [-0.2, 0) is 14.3 Å². The maximum absolute atomic E-state index is 12.2. The Balaban J connectivity index is 1.86. The molecule has 7 heteroatoms. The highest BCUT2D eigenvalue weighted by molar-refractivity contribution is 9.10. The van der Waals surface area contributed by atoms with Crippen molar-refractivity contribution in [2.75, 3.05) is 50.8 Å². The van der Waals surface area contributed by atoms with Gasteiger partial charge in [0.05, 0.1) is 13.2 Å². The maximum Gasteiger partial charge on any atom is 0.240 e. The normalized spacial score (nSPS) is 15.1. The van der Waals surface area contributed by atoms with Gasteiger partial charge in [0.15, 0.2) is 0 Å². The number of aryl methyl sites for hydroxylation is 1. The third kappa shape index (κ3) is 5.58. The molecular formula is C17H24BrN3O3. The molecule has 2 rings (SSSR count). The van der Waals surface area contributed by atoms with E-state index in [0.29, 0.717) is 12.2 Å². The highest BCUT2D eigenvalue weighted by Crippen LogP contribution is 2.23. The molecule has 0 spiro atoms. The molecule has 0 atom stereocenters. The average molecular weight is 398 g/mol. The average Bonchev–Trinajstić information content (AvgIpc) is 2.56. The predicted octanol–water partition coefficient (Wildman–Crippen LogP) is 1.56. The summed E-state index contributed by atoms with van der Waals surface area (Å²) in [5.41, 5.74) is 1.79. The second-order valence-electron chi connectivity index (χ2n) is 5.84. The van der Waals surface area contributed by atoms with E-state index in [9.17, 15) is 9.59 Å². The zero-order chi connectivity index (χ0) is 17.5. The summed E-state index contributed by atoms with van der Waals surface area (Å²) in [6.07, 6.45) is 0. The number of rotatable bonds is 6. The lowest BCUT2D eigenvalue weighted by Crippen LogP contribution is -2.44. The first-order chi connectivity index (χ1) is 11.5. The Bertz CT molecular complexity index is 588. The zero-order valence-electron chi connectivity index (χ0n) is 14.2. The van der Waals surface area contributed by atoms with Crippen LogP contribution in [-0.4, -0.2) is 62.7 Å². The number of anilines is 1. The van der Waals surface area contributed by atoms with E-state index < -0.39 is 0 Å². The van der Waals surface area contributed by atoms with Gasteiger partial charge in [-0.1, -0.05) is 22.0 Å². The monoisotopic (exact) mass is 397 g/mol. The van der Waals surface area contributed by atoms with Gasteiger partial charge in [0.1, 0.15) is 6.54 Å². The number of carbonyl (C=O) groups is 2. The summed E-state index contributed by atoms with van der Waals surface area (Å²) in [6.45, 7) is 8.11. The van der Waals surface area contributed by atoms with Gasteiger partial charge < -0.3 is 15.0 Å². The van der Waals surface area contributed by atoms with Crippen LogP contribution in [0.2, 0.25) is 0 Å². The third-order valence-corrected chi connectivity index (χ3v) is 4.86. The molecule has 132 valence electrons. The molecule has 1 heterocycles. The summed E-state index contributed by atoms with van der Waals surface area (Å²) in [7, 11) is 0. The van der Waals surface area contributed by atoms with E-state index in [1.54, 1.807) is 0 Å². The van der Waals surface area contributed by atoms with Crippen molar-refractivity contribution in [1.82, 2.24) is 10.2 Å². The van der Waals surface area contributed by atoms with Gasteiger partial charge in [0, 0.05) is 43.3 Å². The highest BCUT2D eigenvalue weighted by Gasteiger charge is 2.17. The summed E-state index contributed by atoms with van der Waals surface area (Å²) in [6, 6.07) is 5.63. The van der Waals surface area contributed by atoms with Crippen LogP contribution in [0.15, 0.2) is 22.7 Å². The number of hydrogen-bond donors (Lipinski definition) is 1. The Morgan fingerprint density at radius 1 is 1.33 bits per heavy atom. The Labute approximate surface area is 151 Å². The van der Waals surface area contributed by atoms with Crippen LogP contribution >= 0.6 is 15.9 Å². The predicted molar refractivity (Wildman–Crippen MR) is 97.2 cm³/mol. The van der Waals surface area contributed by atoms with Crippen molar-refractivity contribution >= 4 is 33.4 Å². The molecule has 0 radical (unpaired) electrons. The first kappa shape index (κ1) is 18.9. The van der Waals surface area contributed by atoms with E-state index >= 15 is 0 Å². The smallest absolute Gasteiger partial charge is 0.240 e. The minimum absolute atomic E-state index is 0.0218. The number of carbonyl (C=O) groups excluding carboxylic acids is 2. The van der Waals surface area contributed by atoms with E-state index in [0.717, 1.165) is 42.9 Å². The number of morpholine rings is 1. The summed E-state index contributed by atoms with van der Waals surface area (Å²) >= 11 is 3.46. The molecule has 0 bridgehead atoms. The van der Waals surface area contributed by atoms with Gasteiger partial charge in [-0.3, -0.25) is 14.5 Å². The van der Waals surface area contributed by atoms with Crippen LogP contribution in [0.4, 0.5) is 5.69 Å². The summed E-state index contributed by atoms with van der Waals surface area (Å²) in [4.78, 5) is 27.8. The molecule has 1 aliphatic rings.